The quantitative estimate of drug-likeness (QED) is 0.411. The number of carboxylic acid groups (broad SMARTS) is 1. The lowest BCUT2D eigenvalue weighted by Gasteiger charge is -2.05. The molecule has 0 aliphatic carbocycles. The van der Waals surface area contributed by atoms with Crippen LogP contribution in [0.3, 0.4) is 0 Å². The Bertz CT molecular complexity index is 474. The van der Waals surface area contributed by atoms with E-state index < -0.39 is 5.97 Å². The van der Waals surface area contributed by atoms with E-state index >= 15 is 0 Å². The van der Waals surface area contributed by atoms with Crippen molar-refractivity contribution >= 4 is 23.6 Å². The predicted octanol–water partition coefficient (Wildman–Crippen LogP) is 1.95. The Morgan fingerprint density at radius 1 is 1.19 bits per heavy atom. The van der Waals surface area contributed by atoms with Crippen LogP contribution in [0.4, 0.5) is 0 Å². The lowest BCUT2D eigenvalue weighted by atomic mass is 10.2. The monoisotopic (exact) mass is 311 g/mol. The van der Waals surface area contributed by atoms with E-state index in [1.807, 2.05) is 19.9 Å². The average molecular weight is 311 g/mol. The zero-order chi connectivity index (χ0) is 15.7. The summed E-state index contributed by atoms with van der Waals surface area (Å²) in [4.78, 5) is 30.5. The largest absolute Gasteiger partial charge is 0.481 e. The summed E-state index contributed by atoms with van der Waals surface area (Å²) in [6, 6.07) is 1.89. The molecule has 0 saturated carbocycles. The molecule has 1 aromatic heterocycles. The summed E-state index contributed by atoms with van der Waals surface area (Å²) in [5.74, 6) is -0.539. The summed E-state index contributed by atoms with van der Waals surface area (Å²) in [7, 11) is 0. The SMILES string of the molecule is Cc1cc(C)nc(SCC(=O)NCCCCCC(=O)O)n1. The van der Waals surface area contributed by atoms with Gasteiger partial charge in [-0.15, -0.1) is 0 Å². The molecule has 0 spiro atoms. The number of amides is 1. The van der Waals surface area contributed by atoms with Crippen LogP contribution in [0.25, 0.3) is 0 Å². The number of nitrogens with one attached hydrogen (secondary N) is 1. The van der Waals surface area contributed by atoms with Crippen molar-refractivity contribution in [3.63, 3.8) is 0 Å². The molecular formula is C14H21N3O3S. The van der Waals surface area contributed by atoms with Gasteiger partial charge in [-0.05, 0) is 32.8 Å². The van der Waals surface area contributed by atoms with Gasteiger partial charge in [0.15, 0.2) is 5.16 Å². The van der Waals surface area contributed by atoms with E-state index in [-0.39, 0.29) is 18.1 Å². The summed E-state index contributed by atoms with van der Waals surface area (Å²) in [5, 5.41) is 11.9. The highest BCUT2D eigenvalue weighted by atomic mass is 32.2. The van der Waals surface area contributed by atoms with Gasteiger partial charge in [-0.2, -0.15) is 0 Å². The van der Waals surface area contributed by atoms with Crippen molar-refractivity contribution in [1.29, 1.82) is 0 Å². The summed E-state index contributed by atoms with van der Waals surface area (Å²) >= 11 is 1.32. The molecule has 0 atom stereocenters. The van der Waals surface area contributed by atoms with Crippen LogP contribution in [0.5, 0.6) is 0 Å². The third kappa shape index (κ3) is 8.29. The fourth-order valence-electron chi connectivity index (χ4n) is 1.75. The van der Waals surface area contributed by atoms with Crippen LogP contribution in [-0.4, -0.2) is 39.2 Å². The number of hydrogen-bond donors (Lipinski definition) is 2. The number of rotatable bonds is 9. The number of hydrogen-bond acceptors (Lipinski definition) is 5. The van der Waals surface area contributed by atoms with Gasteiger partial charge in [-0.3, -0.25) is 9.59 Å². The van der Waals surface area contributed by atoms with Crippen LogP contribution >= 0.6 is 11.8 Å². The molecular weight excluding hydrogens is 290 g/mol. The molecule has 116 valence electrons. The third-order valence-corrected chi connectivity index (χ3v) is 3.53. The highest BCUT2D eigenvalue weighted by Crippen LogP contribution is 2.13. The minimum atomic E-state index is -0.774. The minimum absolute atomic E-state index is 0.0546. The van der Waals surface area contributed by atoms with Crippen molar-refractivity contribution in [2.45, 2.75) is 44.7 Å². The van der Waals surface area contributed by atoms with E-state index in [9.17, 15) is 9.59 Å². The molecule has 0 unspecified atom stereocenters. The number of aryl methyl sites for hydroxylation is 2. The van der Waals surface area contributed by atoms with E-state index in [1.54, 1.807) is 0 Å². The maximum absolute atomic E-state index is 11.6. The lowest BCUT2D eigenvalue weighted by Crippen LogP contribution is -2.26. The Balaban J connectivity index is 2.15. The van der Waals surface area contributed by atoms with Crippen molar-refractivity contribution in [3.05, 3.63) is 17.5 Å². The zero-order valence-electron chi connectivity index (χ0n) is 12.4. The molecule has 1 amide bonds. The Morgan fingerprint density at radius 2 is 1.86 bits per heavy atom. The van der Waals surface area contributed by atoms with Crippen molar-refractivity contribution < 1.29 is 14.7 Å². The average Bonchev–Trinajstić information content (AvgIpc) is 2.39. The van der Waals surface area contributed by atoms with Crippen LogP contribution in [0.15, 0.2) is 11.2 Å². The van der Waals surface area contributed by atoms with Gasteiger partial charge < -0.3 is 10.4 Å². The topological polar surface area (TPSA) is 92.2 Å². The zero-order valence-corrected chi connectivity index (χ0v) is 13.2. The number of unbranched alkanes of at least 4 members (excludes halogenated alkanes) is 2. The van der Waals surface area contributed by atoms with Crippen molar-refractivity contribution in [2.75, 3.05) is 12.3 Å². The summed E-state index contributed by atoms with van der Waals surface area (Å²) in [6.07, 6.45) is 2.44. The Hall–Kier alpha value is -1.63. The minimum Gasteiger partial charge on any atom is -0.481 e. The number of aromatic nitrogens is 2. The first kappa shape index (κ1) is 17.4. The summed E-state index contributed by atoms with van der Waals surface area (Å²) < 4.78 is 0. The van der Waals surface area contributed by atoms with Crippen LogP contribution in [0.1, 0.15) is 37.1 Å². The second kappa shape index (κ2) is 9.33. The number of carboxylic acids is 1. The maximum atomic E-state index is 11.6. The third-order valence-electron chi connectivity index (χ3n) is 2.68. The van der Waals surface area contributed by atoms with Gasteiger partial charge in [0.25, 0.3) is 0 Å². The number of aliphatic carboxylic acids is 1. The molecule has 0 aliphatic rings. The van der Waals surface area contributed by atoms with Crippen LogP contribution < -0.4 is 5.32 Å². The lowest BCUT2D eigenvalue weighted by molar-refractivity contribution is -0.137. The Kier molecular flexibility index (Phi) is 7.74. The number of carbonyl (C=O) groups excluding carboxylic acids is 1. The molecule has 2 N–H and O–H groups in total. The highest BCUT2D eigenvalue weighted by Gasteiger charge is 2.05. The van der Waals surface area contributed by atoms with Gasteiger partial charge >= 0.3 is 5.97 Å². The van der Waals surface area contributed by atoms with Crippen molar-refractivity contribution in [2.24, 2.45) is 0 Å². The molecule has 6 nitrogen and oxygen atoms in total. The van der Waals surface area contributed by atoms with Crippen LogP contribution in [-0.2, 0) is 9.59 Å². The van der Waals surface area contributed by atoms with Gasteiger partial charge in [0.05, 0.1) is 5.75 Å². The molecule has 0 radical (unpaired) electrons. The van der Waals surface area contributed by atoms with Gasteiger partial charge in [-0.25, -0.2) is 9.97 Å². The molecule has 0 aliphatic heterocycles. The van der Waals surface area contributed by atoms with Crippen LogP contribution in [0.2, 0.25) is 0 Å². The first-order chi connectivity index (χ1) is 9.97. The smallest absolute Gasteiger partial charge is 0.303 e. The molecule has 1 aromatic rings. The normalized spacial score (nSPS) is 10.4. The fraction of sp³-hybridized carbons (Fsp3) is 0.571. The molecule has 1 rings (SSSR count). The van der Waals surface area contributed by atoms with E-state index in [2.05, 4.69) is 15.3 Å². The van der Waals surface area contributed by atoms with Gasteiger partial charge in [-0.1, -0.05) is 18.2 Å². The van der Waals surface area contributed by atoms with E-state index in [4.69, 9.17) is 5.11 Å². The van der Waals surface area contributed by atoms with E-state index in [0.717, 1.165) is 24.2 Å². The van der Waals surface area contributed by atoms with Gasteiger partial charge in [0, 0.05) is 24.4 Å². The van der Waals surface area contributed by atoms with E-state index in [1.165, 1.54) is 11.8 Å². The second-order valence-electron chi connectivity index (χ2n) is 4.78. The Labute approximate surface area is 128 Å². The van der Waals surface area contributed by atoms with Gasteiger partial charge in [0.2, 0.25) is 5.91 Å². The summed E-state index contributed by atoms with van der Waals surface area (Å²) in [5.41, 5.74) is 1.78. The van der Waals surface area contributed by atoms with Gasteiger partial charge in [0.1, 0.15) is 0 Å². The number of carbonyl (C=O) groups is 2. The molecule has 0 aromatic carbocycles. The molecule has 1 heterocycles. The first-order valence-corrected chi connectivity index (χ1v) is 7.89. The summed E-state index contributed by atoms with van der Waals surface area (Å²) in [6.45, 7) is 4.37. The number of nitrogens with zero attached hydrogens (tertiary/aromatic N) is 2. The molecule has 0 bridgehead atoms. The maximum Gasteiger partial charge on any atom is 0.303 e. The van der Waals surface area contributed by atoms with Crippen LogP contribution in [0, 0.1) is 13.8 Å². The highest BCUT2D eigenvalue weighted by molar-refractivity contribution is 7.99. The molecule has 0 saturated heterocycles. The van der Waals surface area contributed by atoms with E-state index in [0.29, 0.717) is 18.1 Å². The van der Waals surface area contributed by atoms with Crippen molar-refractivity contribution in [3.8, 4) is 0 Å². The molecule has 21 heavy (non-hydrogen) atoms. The fourth-order valence-corrected chi connectivity index (χ4v) is 2.52. The number of thioether (sulfide) groups is 1. The van der Waals surface area contributed by atoms with Crippen molar-refractivity contribution in [1.82, 2.24) is 15.3 Å². The second-order valence-corrected chi connectivity index (χ2v) is 5.72. The standard InChI is InChI=1S/C14H21N3O3S/c1-10-8-11(2)17-14(16-10)21-9-12(18)15-7-5-3-4-6-13(19)20/h8H,3-7,9H2,1-2H3,(H,15,18)(H,19,20). The predicted molar refractivity (Wildman–Crippen MR) is 81.3 cm³/mol. The Morgan fingerprint density at radius 3 is 2.48 bits per heavy atom. The molecule has 0 fully saturated rings. The first-order valence-electron chi connectivity index (χ1n) is 6.91. The molecule has 7 heteroatoms.